The van der Waals surface area contributed by atoms with Crippen molar-refractivity contribution in [3.63, 3.8) is 0 Å². The van der Waals surface area contributed by atoms with Crippen LogP contribution in [0.2, 0.25) is 0 Å². The molecular formula is C34H38O4. The van der Waals surface area contributed by atoms with E-state index in [1.54, 1.807) is 18.2 Å². The van der Waals surface area contributed by atoms with Crippen molar-refractivity contribution in [2.75, 3.05) is 0 Å². The Balaban J connectivity index is 1.62. The molecule has 0 radical (unpaired) electrons. The van der Waals surface area contributed by atoms with E-state index in [2.05, 4.69) is 25.7 Å². The minimum Gasteiger partial charge on any atom is -0.451 e. The van der Waals surface area contributed by atoms with Crippen LogP contribution in [0, 0.1) is 0 Å². The lowest BCUT2D eigenvalue weighted by Gasteiger charge is -2.32. The minimum atomic E-state index is -0.563. The van der Waals surface area contributed by atoms with Crippen LogP contribution in [0.25, 0.3) is 18.2 Å². The van der Waals surface area contributed by atoms with E-state index in [9.17, 15) is 9.59 Å². The Morgan fingerprint density at radius 2 is 1.61 bits per heavy atom. The summed E-state index contributed by atoms with van der Waals surface area (Å²) in [5.74, 6) is -0.693. The van der Waals surface area contributed by atoms with Gasteiger partial charge in [0, 0.05) is 0 Å². The van der Waals surface area contributed by atoms with Gasteiger partial charge in [0.2, 0.25) is 0 Å². The topological polar surface area (TPSA) is 52.6 Å². The molecule has 0 spiro atoms. The van der Waals surface area contributed by atoms with Gasteiger partial charge in [0.1, 0.15) is 11.2 Å². The average molecular weight is 511 g/mol. The molecule has 2 aliphatic carbocycles. The predicted octanol–water partition coefficient (Wildman–Crippen LogP) is 8.59. The fraction of sp³-hybridized carbons (Fsp3) is 0.353. The molecule has 2 aromatic rings. The zero-order valence-corrected chi connectivity index (χ0v) is 22.8. The lowest BCUT2D eigenvalue weighted by Crippen LogP contribution is -2.34. The van der Waals surface area contributed by atoms with E-state index in [1.165, 1.54) is 5.57 Å². The first kappa shape index (κ1) is 27.4. The third-order valence-electron chi connectivity index (χ3n) is 7.79. The number of rotatable bonds is 9. The SMILES string of the molecule is C=Cc1ccc(C(=O)OC2(CC)C=CCCC2)c(/C=C/c2ccccc2C(=O)OC2(CC)C=C(C)CC2)c1. The molecule has 2 aromatic carbocycles. The zero-order valence-electron chi connectivity index (χ0n) is 22.8. The lowest BCUT2D eigenvalue weighted by molar-refractivity contribution is -0.00386. The van der Waals surface area contributed by atoms with Crippen LogP contribution in [0.3, 0.4) is 0 Å². The van der Waals surface area contributed by atoms with E-state index in [4.69, 9.17) is 9.47 Å². The van der Waals surface area contributed by atoms with Gasteiger partial charge in [-0.05, 0) is 98.9 Å². The smallest absolute Gasteiger partial charge is 0.339 e. The Hall–Kier alpha value is -3.66. The number of hydrogen-bond acceptors (Lipinski definition) is 4. The van der Waals surface area contributed by atoms with Gasteiger partial charge in [-0.25, -0.2) is 9.59 Å². The molecule has 0 aromatic heterocycles. The number of carbonyl (C=O) groups is 2. The monoisotopic (exact) mass is 510 g/mol. The van der Waals surface area contributed by atoms with Crippen molar-refractivity contribution in [1.82, 2.24) is 0 Å². The van der Waals surface area contributed by atoms with Crippen LogP contribution < -0.4 is 0 Å². The molecule has 0 aliphatic heterocycles. The highest BCUT2D eigenvalue weighted by Crippen LogP contribution is 2.35. The van der Waals surface area contributed by atoms with E-state index in [1.807, 2.05) is 62.4 Å². The first-order valence-electron chi connectivity index (χ1n) is 13.7. The molecule has 4 nitrogen and oxygen atoms in total. The first-order valence-corrected chi connectivity index (χ1v) is 13.7. The largest absolute Gasteiger partial charge is 0.451 e. The number of ether oxygens (including phenoxy) is 2. The summed E-state index contributed by atoms with van der Waals surface area (Å²) in [5.41, 5.74) is 3.45. The van der Waals surface area contributed by atoms with Gasteiger partial charge in [-0.1, -0.05) is 74.6 Å². The van der Waals surface area contributed by atoms with Gasteiger partial charge in [-0.3, -0.25) is 0 Å². The molecule has 0 heterocycles. The Morgan fingerprint density at radius 1 is 0.921 bits per heavy atom. The van der Waals surface area contributed by atoms with Gasteiger partial charge in [0.05, 0.1) is 11.1 Å². The summed E-state index contributed by atoms with van der Waals surface area (Å²) in [5, 5.41) is 0. The second kappa shape index (κ2) is 11.8. The van der Waals surface area contributed by atoms with Gasteiger partial charge in [0.15, 0.2) is 0 Å². The fourth-order valence-electron chi connectivity index (χ4n) is 5.31. The molecule has 0 amide bonds. The summed E-state index contributed by atoms with van der Waals surface area (Å²) in [6.45, 7) is 10.0. The first-order chi connectivity index (χ1) is 18.3. The van der Waals surface area contributed by atoms with Crippen molar-refractivity contribution in [1.29, 1.82) is 0 Å². The second-order valence-electron chi connectivity index (χ2n) is 10.4. The number of allylic oxidation sites excluding steroid dienone is 2. The van der Waals surface area contributed by atoms with Gasteiger partial charge < -0.3 is 9.47 Å². The molecule has 2 atom stereocenters. The van der Waals surface area contributed by atoms with Crippen LogP contribution in [0.5, 0.6) is 0 Å². The predicted molar refractivity (Wildman–Crippen MR) is 155 cm³/mol. The Kier molecular flexibility index (Phi) is 8.51. The Labute approximate surface area is 226 Å². The summed E-state index contributed by atoms with van der Waals surface area (Å²) in [7, 11) is 0. The number of esters is 2. The van der Waals surface area contributed by atoms with E-state index in [0.29, 0.717) is 16.7 Å². The maximum atomic E-state index is 13.4. The molecule has 4 rings (SSSR count). The normalized spacial score (nSPS) is 22.8. The van der Waals surface area contributed by atoms with Crippen molar-refractivity contribution >= 4 is 30.2 Å². The summed E-state index contributed by atoms with van der Waals surface area (Å²) < 4.78 is 12.1. The van der Waals surface area contributed by atoms with E-state index in [-0.39, 0.29) is 11.9 Å². The van der Waals surface area contributed by atoms with Crippen LogP contribution in [0.15, 0.2) is 72.8 Å². The molecule has 4 heteroatoms. The second-order valence-corrected chi connectivity index (χ2v) is 10.4. The molecular weight excluding hydrogens is 472 g/mol. The highest BCUT2D eigenvalue weighted by molar-refractivity contribution is 5.98. The molecule has 198 valence electrons. The van der Waals surface area contributed by atoms with Crippen LogP contribution >= 0.6 is 0 Å². The van der Waals surface area contributed by atoms with Gasteiger partial charge >= 0.3 is 11.9 Å². The molecule has 0 fully saturated rings. The van der Waals surface area contributed by atoms with Gasteiger partial charge in [-0.2, -0.15) is 0 Å². The molecule has 0 bridgehead atoms. The fourth-order valence-corrected chi connectivity index (χ4v) is 5.31. The van der Waals surface area contributed by atoms with Gasteiger partial charge in [0.25, 0.3) is 0 Å². The Bertz CT molecular complexity index is 1300. The van der Waals surface area contributed by atoms with Crippen LogP contribution in [0.1, 0.15) is 103 Å². The third kappa shape index (κ3) is 6.07. The maximum absolute atomic E-state index is 13.4. The maximum Gasteiger partial charge on any atom is 0.339 e. The molecule has 38 heavy (non-hydrogen) atoms. The van der Waals surface area contributed by atoms with Crippen molar-refractivity contribution in [3.05, 3.63) is 101 Å². The summed E-state index contributed by atoms with van der Waals surface area (Å²) >= 11 is 0. The average Bonchev–Trinajstić information content (AvgIpc) is 3.32. The van der Waals surface area contributed by atoms with Crippen molar-refractivity contribution in [2.45, 2.75) is 76.9 Å². The summed E-state index contributed by atoms with van der Waals surface area (Å²) in [6, 6.07) is 13.0. The van der Waals surface area contributed by atoms with Crippen molar-refractivity contribution in [2.24, 2.45) is 0 Å². The van der Waals surface area contributed by atoms with E-state index < -0.39 is 11.2 Å². The van der Waals surface area contributed by atoms with Crippen LogP contribution in [-0.2, 0) is 9.47 Å². The minimum absolute atomic E-state index is 0.341. The summed E-state index contributed by atoms with van der Waals surface area (Å²) in [6.07, 6.45) is 17.8. The highest BCUT2D eigenvalue weighted by Gasteiger charge is 2.35. The quantitative estimate of drug-likeness (QED) is 0.193. The van der Waals surface area contributed by atoms with Gasteiger partial charge in [-0.15, -0.1) is 0 Å². The molecule has 2 unspecified atom stereocenters. The third-order valence-corrected chi connectivity index (χ3v) is 7.79. The standard InChI is InChI=1S/C34H38O4/c1-5-26-15-18-30(32(36)37-33(6-2)20-11-8-12-21-33)28(23-26)17-16-27-13-9-10-14-29(27)31(35)38-34(7-3)22-19-25(4)24-34/h5,9-11,13-18,20,23-24H,1,6-8,12,19,21-22H2,2-4H3/b17-16+. The van der Waals surface area contributed by atoms with Crippen molar-refractivity contribution < 1.29 is 19.1 Å². The molecule has 0 saturated heterocycles. The Morgan fingerprint density at radius 3 is 2.24 bits per heavy atom. The number of hydrogen-bond donors (Lipinski definition) is 0. The number of benzene rings is 2. The molecule has 2 aliphatic rings. The van der Waals surface area contributed by atoms with Crippen molar-refractivity contribution in [3.8, 4) is 0 Å². The zero-order chi connectivity index (χ0) is 27.2. The summed E-state index contributed by atoms with van der Waals surface area (Å²) in [4.78, 5) is 26.7. The van der Waals surface area contributed by atoms with Crippen LogP contribution in [-0.4, -0.2) is 23.1 Å². The lowest BCUT2D eigenvalue weighted by atomic mass is 9.88. The van der Waals surface area contributed by atoms with Crippen LogP contribution in [0.4, 0.5) is 0 Å². The number of carbonyl (C=O) groups excluding carboxylic acids is 2. The molecule has 0 N–H and O–H groups in total. The van der Waals surface area contributed by atoms with E-state index in [0.717, 1.165) is 56.1 Å². The molecule has 0 saturated carbocycles. The highest BCUT2D eigenvalue weighted by atomic mass is 16.6. The van der Waals surface area contributed by atoms with E-state index >= 15 is 0 Å².